The smallest absolute Gasteiger partial charge is 0.251 e. The summed E-state index contributed by atoms with van der Waals surface area (Å²) in [5, 5.41) is 3.08. The Bertz CT molecular complexity index is 1030. The first-order chi connectivity index (χ1) is 16.7. The first-order valence-corrected chi connectivity index (χ1v) is 13.7. The average Bonchev–Trinajstić information content (AvgIpc) is 3.02. The van der Waals surface area contributed by atoms with Crippen LogP contribution in [-0.2, 0) is 6.42 Å². The number of piperidine rings is 2. The predicted molar refractivity (Wildman–Crippen MR) is 137 cm³/mol. The molecule has 180 valence electrons. The minimum absolute atomic E-state index is 0.0502. The van der Waals surface area contributed by atoms with Crippen molar-refractivity contribution in [2.75, 3.05) is 39.3 Å². The molecule has 2 aromatic rings. The van der Waals surface area contributed by atoms with Crippen molar-refractivity contribution in [1.82, 2.24) is 15.1 Å². The lowest BCUT2D eigenvalue weighted by Crippen LogP contribution is -2.47. The zero-order valence-corrected chi connectivity index (χ0v) is 20.7. The van der Waals surface area contributed by atoms with Gasteiger partial charge in [0.15, 0.2) is 5.78 Å². The Labute approximate surface area is 207 Å². The lowest BCUT2D eigenvalue weighted by Gasteiger charge is -2.40. The van der Waals surface area contributed by atoms with E-state index in [9.17, 15) is 9.59 Å². The largest absolute Gasteiger partial charge is 0.352 e. The zero-order valence-electron chi connectivity index (χ0n) is 19.9. The van der Waals surface area contributed by atoms with Gasteiger partial charge in [0, 0.05) is 39.9 Å². The van der Waals surface area contributed by atoms with Crippen LogP contribution in [0.1, 0.15) is 64.8 Å². The number of likely N-dealkylation sites (tertiary alicyclic amines) is 2. The van der Waals surface area contributed by atoms with E-state index < -0.39 is 0 Å². The van der Waals surface area contributed by atoms with Crippen molar-refractivity contribution in [2.45, 2.75) is 60.8 Å². The number of benzene rings is 2. The number of nitrogens with zero attached hydrogens (tertiary/aromatic N) is 2. The molecule has 3 aliphatic heterocycles. The van der Waals surface area contributed by atoms with E-state index in [1.165, 1.54) is 58.3 Å². The van der Waals surface area contributed by atoms with Crippen LogP contribution in [0, 0.1) is 0 Å². The van der Waals surface area contributed by atoms with Gasteiger partial charge in [-0.2, -0.15) is 0 Å². The highest BCUT2D eigenvalue weighted by Crippen LogP contribution is 2.37. The molecule has 0 aliphatic carbocycles. The van der Waals surface area contributed by atoms with Crippen LogP contribution in [-0.4, -0.2) is 66.8 Å². The minimum Gasteiger partial charge on any atom is -0.352 e. The van der Waals surface area contributed by atoms with Crippen LogP contribution in [0.25, 0.3) is 0 Å². The summed E-state index contributed by atoms with van der Waals surface area (Å²) in [4.78, 5) is 32.8. The molecule has 1 amide bonds. The van der Waals surface area contributed by atoms with Gasteiger partial charge < -0.3 is 15.1 Å². The molecule has 5 rings (SSSR count). The number of carbonyl (C=O) groups is 2. The fourth-order valence-corrected chi connectivity index (χ4v) is 6.60. The number of rotatable bonds is 6. The maximum absolute atomic E-state index is 12.8. The molecule has 0 aromatic heterocycles. The lowest BCUT2D eigenvalue weighted by molar-refractivity contribution is 0.0902. The van der Waals surface area contributed by atoms with Crippen molar-refractivity contribution in [2.24, 2.45) is 0 Å². The van der Waals surface area contributed by atoms with E-state index in [2.05, 4.69) is 15.1 Å². The summed E-state index contributed by atoms with van der Waals surface area (Å²) >= 11 is 1.61. The number of hydrogen-bond donors (Lipinski definition) is 1. The first kappa shape index (κ1) is 23.6. The van der Waals surface area contributed by atoms with Gasteiger partial charge in [-0.15, -0.1) is 0 Å². The van der Waals surface area contributed by atoms with Gasteiger partial charge in [-0.05, 0) is 94.7 Å². The summed E-state index contributed by atoms with van der Waals surface area (Å²) in [5.41, 5.74) is 2.35. The second-order valence-electron chi connectivity index (χ2n) is 9.80. The van der Waals surface area contributed by atoms with E-state index >= 15 is 0 Å². The Morgan fingerprint density at radius 3 is 2.59 bits per heavy atom. The molecule has 0 bridgehead atoms. The average molecular weight is 478 g/mol. The van der Waals surface area contributed by atoms with Crippen LogP contribution in [0.5, 0.6) is 0 Å². The van der Waals surface area contributed by atoms with Crippen molar-refractivity contribution >= 4 is 23.5 Å². The van der Waals surface area contributed by atoms with Crippen LogP contribution in [0.2, 0.25) is 0 Å². The van der Waals surface area contributed by atoms with E-state index in [4.69, 9.17) is 0 Å². The number of ketones is 1. The van der Waals surface area contributed by atoms with Crippen molar-refractivity contribution < 1.29 is 9.59 Å². The van der Waals surface area contributed by atoms with E-state index in [-0.39, 0.29) is 11.7 Å². The lowest BCUT2D eigenvalue weighted by atomic mass is 10.00. The van der Waals surface area contributed by atoms with Crippen LogP contribution < -0.4 is 5.32 Å². The van der Waals surface area contributed by atoms with Crippen LogP contribution >= 0.6 is 11.8 Å². The minimum atomic E-state index is -0.0502. The fourth-order valence-electron chi connectivity index (χ4n) is 5.53. The molecule has 1 N–H and O–H groups in total. The van der Waals surface area contributed by atoms with Crippen molar-refractivity contribution in [3.63, 3.8) is 0 Å². The van der Waals surface area contributed by atoms with Gasteiger partial charge in [0.25, 0.3) is 5.91 Å². The first-order valence-electron chi connectivity index (χ1n) is 12.8. The molecular weight excluding hydrogens is 442 g/mol. The highest BCUT2D eigenvalue weighted by atomic mass is 32.2. The molecule has 0 atom stereocenters. The van der Waals surface area contributed by atoms with Crippen molar-refractivity contribution in [3.05, 3.63) is 59.2 Å². The zero-order chi connectivity index (χ0) is 23.3. The number of hydrogen-bond acceptors (Lipinski definition) is 5. The van der Waals surface area contributed by atoms with Gasteiger partial charge in [-0.25, -0.2) is 0 Å². The van der Waals surface area contributed by atoms with Crippen molar-refractivity contribution in [3.8, 4) is 0 Å². The second-order valence-corrected chi connectivity index (χ2v) is 10.9. The van der Waals surface area contributed by atoms with Crippen LogP contribution in [0.3, 0.4) is 0 Å². The molecule has 2 saturated heterocycles. The van der Waals surface area contributed by atoms with Gasteiger partial charge in [-0.1, -0.05) is 36.4 Å². The summed E-state index contributed by atoms with van der Waals surface area (Å²) in [7, 11) is 0. The number of fused-ring (bicyclic) bond motifs is 2. The van der Waals surface area contributed by atoms with Crippen LogP contribution in [0.4, 0.5) is 0 Å². The Morgan fingerprint density at radius 1 is 0.971 bits per heavy atom. The third-order valence-corrected chi connectivity index (χ3v) is 8.68. The van der Waals surface area contributed by atoms with E-state index in [1.54, 1.807) is 11.8 Å². The standard InChI is InChI=1S/C28H35N3O2S/c32-25-20-22-19-21(9-10-26(22)34-27-8-3-2-7-24(25)27)28(33)29-13-6-14-30-17-11-23(12-18-30)31-15-4-1-5-16-31/h2-3,7-10,19,23H,1,4-6,11-18,20H2,(H,29,33). The van der Waals surface area contributed by atoms with Crippen LogP contribution in [0.15, 0.2) is 52.3 Å². The molecule has 34 heavy (non-hydrogen) atoms. The predicted octanol–water partition coefficient (Wildman–Crippen LogP) is 4.65. The summed E-state index contributed by atoms with van der Waals surface area (Å²) in [6.45, 7) is 6.65. The molecule has 0 unspecified atom stereocenters. The molecule has 6 heteroatoms. The Hall–Kier alpha value is -2.15. The summed E-state index contributed by atoms with van der Waals surface area (Å²) in [6, 6.07) is 14.3. The molecule has 2 aromatic carbocycles. The Balaban J connectivity index is 1.07. The molecule has 5 nitrogen and oxygen atoms in total. The van der Waals surface area contributed by atoms with Gasteiger partial charge >= 0.3 is 0 Å². The fraction of sp³-hybridized carbons (Fsp3) is 0.500. The Morgan fingerprint density at radius 2 is 1.76 bits per heavy atom. The number of amides is 1. The van der Waals surface area contributed by atoms with Gasteiger partial charge in [0.1, 0.15) is 0 Å². The van der Waals surface area contributed by atoms with E-state index in [0.717, 1.165) is 39.9 Å². The molecule has 2 fully saturated rings. The topological polar surface area (TPSA) is 52.7 Å². The summed E-state index contributed by atoms with van der Waals surface area (Å²) in [6.07, 6.45) is 8.00. The summed E-state index contributed by atoms with van der Waals surface area (Å²) < 4.78 is 0. The Kier molecular flexibility index (Phi) is 7.67. The highest BCUT2D eigenvalue weighted by molar-refractivity contribution is 7.99. The van der Waals surface area contributed by atoms with Crippen molar-refractivity contribution in [1.29, 1.82) is 0 Å². The molecule has 3 heterocycles. The van der Waals surface area contributed by atoms with Gasteiger partial charge in [0.2, 0.25) is 0 Å². The molecule has 3 aliphatic rings. The molecular formula is C28H35N3O2S. The summed E-state index contributed by atoms with van der Waals surface area (Å²) in [5.74, 6) is 0.0642. The maximum atomic E-state index is 12.8. The number of carbonyl (C=O) groups excluding carboxylic acids is 2. The van der Waals surface area contributed by atoms with Gasteiger partial charge in [-0.3, -0.25) is 9.59 Å². The third-order valence-electron chi connectivity index (χ3n) is 7.48. The number of nitrogens with one attached hydrogen (secondary N) is 1. The highest BCUT2D eigenvalue weighted by Gasteiger charge is 2.25. The third kappa shape index (κ3) is 5.56. The monoisotopic (exact) mass is 477 g/mol. The molecule has 0 radical (unpaired) electrons. The van der Waals surface area contributed by atoms with Gasteiger partial charge in [0.05, 0.1) is 0 Å². The molecule has 0 spiro atoms. The van der Waals surface area contributed by atoms with E-state index in [0.29, 0.717) is 18.5 Å². The second kappa shape index (κ2) is 11.1. The van der Waals surface area contributed by atoms with E-state index in [1.807, 2.05) is 42.5 Å². The SMILES string of the molecule is O=C(NCCCN1CCC(N2CCCCC2)CC1)c1ccc2c(c1)CC(=O)c1ccccc1S2. The maximum Gasteiger partial charge on any atom is 0.251 e. The normalized spacial score (nSPS) is 19.8. The molecule has 0 saturated carbocycles. The quantitative estimate of drug-likeness (QED) is 0.614. The number of Topliss-reactive ketones (excluding diaryl/α,β-unsaturated/α-hetero) is 1.